The molecule has 5 heteroatoms. The molecule has 0 aliphatic rings. The Morgan fingerprint density at radius 2 is 1.91 bits per heavy atom. The molecular formula is C17H17BrN2O2. The van der Waals surface area contributed by atoms with Gasteiger partial charge in [-0.3, -0.25) is 4.79 Å². The number of benzene rings is 2. The standard InChI is InChI=1S/C17H17BrN2O2/c1-12-7-13(2)9-15(8-12)22-11-17(21)20-19-10-14-5-3-4-6-16(14)18/h3-10H,11H2,1-2H3,(H,20,21)/b19-10+. The molecule has 0 aliphatic heterocycles. The Morgan fingerprint density at radius 1 is 1.23 bits per heavy atom. The van der Waals surface area contributed by atoms with Crippen LogP contribution in [0.15, 0.2) is 52.0 Å². The van der Waals surface area contributed by atoms with E-state index in [0.29, 0.717) is 5.75 Å². The topological polar surface area (TPSA) is 50.7 Å². The van der Waals surface area contributed by atoms with Gasteiger partial charge in [0, 0.05) is 10.0 Å². The van der Waals surface area contributed by atoms with Crippen LogP contribution in [0.5, 0.6) is 5.75 Å². The van der Waals surface area contributed by atoms with Crippen molar-refractivity contribution in [1.82, 2.24) is 5.43 Å². The SMILES string of the molecule is Cc1cc(C)cc(OCC(=O)N/N=C/c2ccccc2Br)c1. The largest absolute Gasteiger partial charge is 0.484 e. The second-order valence-electron chi connectivity index (χ2n) is 4.93. The fourth-order valence-corrected chi connectivity index (χ4v) is 2.34. The van der Waals surface area contributed by atoms with Crippen molar-refractivity contribution in [3.8, 4) is 5.75 Å². The first kappa shape index (κ1) is 16.2. The molecule has 114 valence electrons. The van der Waals surface area contributed by atoms with Crippen LogP contribution in [0.1, 0.15) is 16.7 Å². The molecule has 22 heavy (non-hydrogen) atoms. The minimum atomic E-state index is -0.303. The van der Waals surface area contributed by atoms with Crippen LogP contribution in [-0.2, 0) is 4.79 Å². The summed E-state index contributed by atoms with van der Waals surface area (Å²) in [5, 5.41) is 3.92. The smallest absolute Gasteiger partial charge is 0.277 e. The highest BCUT2D eigenvalue weighted by Gasteiger charge is 2.02. The molecule has 1 amide bonds. The molecule has 0 atom stereocenters. The summed E-state index contributed by atoms with van der Waals surface area (Å²) < 4.78 is 6.38. The zero-order valence-electron chi connectivity index (χ0n) is 12.5. The average Bonchev–Trinajstić information content (AvgIpc) is 2.46. The fraction of sp³-hybridized carbons (Fsp3) is 0.176. The second-order valence-corrected chi connectivity index (χ2v) is 5.78. The lowest BCUT2D eigenvalue weighted by Gasteiger charge is -2.07. The van der Waals surface area contributed by atoms with Gasteiger partial charge in [0.1, 0.15) is 5.75 Å². The fourth-order valence-electron chi connectivity index (χ4n) is 1.95. The van der Waals surface area contributed by atoms with Gasteiger partial charge in [-0.1, -0.05) is 40.2 Å². The zero-order valence-corrected chi connectivity index (χ0v) is 14.1. The summed E-state index contributed by atoms with van der Waals surface area (Å²) in [6, 6.07) is 13.5. The van der Waals surface area contributed by atoms with Crippen LogP contribution in [0.4, 0.5) is 0 Å². The van der Waals surface area contributed by atoms with E-state index in [1.807, 2.05) is 50.2 Å². The molecule has 0 unspecified atom stereocenters. The maximum Gasteiger partial charge on any atom is 0.277 e. The van der Waals surface area contributed by atoms with E-state index in [2.05, 4.69) is 32.5 Å². The predicted octanol–water partition coefficient (Wildman–Crippen LogP) is 3.60. The Morgan fingerprint density at radius 3 is 2.59 bits per heavy atom. The van der Waals surface area contributed by atoms with Gasteiger partial charge in [-0.2, -0.15) is 5.10 Å². The Hall–Kier alpha value is -2.14. The number of carbonyl (C=O) groups excluding carboxylic acids is 1. The highest BCUT2D eigenvalue weighted by molar-refractivity contribution is 9.10. The van der Waals surface area contributed by atoms with E-state index in [-0.39, 0.29) is 12.5 Å². The molecule has 0 saturated heterocycles. The van der Waals surface area contributed by atoms with Gasteiger partial charge in [-0.25, -0.2) is 5.43 Å². The molecule has 0 fully saturated rings. The summed E-state index contributed by atoms with van der Waals surface area (Å²) in [6.07, 6.45) is 1.58. The van der Waals surface area contributed by atoms with Crippen molar-refractivity contribution in [3.05, 3.63) is 63.6 Å². The van der Waals surface area contributed by atoms with Crippen LogP contribution in [0.3, 0.4) is 0 Å². The molecular weight excluding hydrogens is 344 g/mol. The quantitative estimate of drug-likeness (QED) is 0.654. The first-order valence-corrected chi connectivity index (χ1v) is 7.61. The lowest BCUT2D eigenvalue weighted by molar-refractivity contribution is -0.123. The molecule has 2 aromatic rings. The molecule has 1 N–H and O–H groups in total. The van der Waals surface area contributed by atoms with Gasteiger partial charge in [0.05, 0.1) is 6.21 Å². The lowest BCUT2D eigenvalue weighted by atomic mass is 10.1. The van der Waals surface area contributed by atoms with Gasteiger partial charge in [0.2, 0.25) is 0 Å². The average molecular weight is 361 g/mol. The van der Waals surface area contributed by atoms with Crippen molar-refractivity contribution in [2.75, 3.05) is 6.61 Å². The van der Waals surface area contributed by atoms with Crippen molar-refractivity contribution >= 4 is 28.1 Å². The summed E-state index contributed by atoms with van der Waals surface area (Å²) in [5.74, 6) is 0.380. The maximum atomic E-state index is 11.7. The number of hydrogen-bond acceptors (Lipinski definition) is 3. The van der Waals surface area contributed by atoms with Gasteiger partial charge in [-0.15, -0.1) is 0 Å². The van der Waals surface area contributed by atoms with Gasteiger partial charge >= 0.3 is 0 Å². The third-order valence-electron chi connectivity index (χ3n) is 2.86. The monoisotopic (exact) mass is 360 g/mol. The van der Waals surface area contributed by atoms with Gasteiger partial charge in [0.15, 0.2) is 6.61 Å². The van der Waals surface area contributed by atoms with E-state index >= 15 is 0 Å². The molecule has 4 nitrogen and oxygen atoms in total. The van der Waals surface area contributed by atoms with E-state index in [1.54, 1.807) is 6.21 Å². The summed E-state index contributed by atoms with van der Waals surface area (Å²) >= 11 is 3.41. The van der Waals surface area contributed by atoms with Crippen molar-refractivity contribution in [3.63, 3.8) is 0 Å². The van der Waals surface area contributed by atoms with Crippen molar-refractivity contribution in [1.29, 1.82) is 0 Å². The lowest BCUT2D eigenvalue weighted by Crippen LogP contribution is -2.24. The van der Waals surface area contributed by atoms with Gasteiger partial charge in [0.25, 0.3) is 5.91 Å². The number of nitrogens with zero attached hydrogens (tertiary/aromatic N) is 1. The van der Waals surface area contributed by atoms with Gasteiger partial charge in [-0.05, 0) is 43.2 Å². The number of aryl methyl sites for hydroxylation is 2. The number of halogens is 1. The van der Waals surface area contributed by atoms with Crippen LogP contribution in [0, 0.1) is 13.8 Å². The molecule has 0 spiro atoms. The van der Waals surface area contributed by atoms with Crippen LogP contribution in [0.25, 0.3) is 0 Å². The molecule has 2 rings (SSSR count). The molecule has 0 bridgehead atoms. The molecule has 0 radical (unpaired) electrons. The van der Waals surface area contributed by atoms with Crippen molar-refractivity contribution in [2.45, 2.75) is 13.8 Å². The number of ether oxygens (including phenoxy) is 1. The number of hydrogen-bond donors (Lipinski definition) is 1. The van der Waals surface area contributed by atoms with Crippen LogP contribution in [0.2, 0.25) is 0 Å². The highest BCUT2D eigenvalue weighted by atomic mass is 79.9. The molecule has 0 saturated carbocycles. The van der Waals surface area contributed by atoms with Gasteiger partial charge < -0.3 is 4.74 Å². The molecule has 2 aromatic carbocycles. The van der Waals surface area contributed by atoms with E-state index < -0.39 is 0 Å². The normalized spacial score (nSPS) is 10.7. The minimum absolute atomic E-state index is 0.0732. The van der Waals surface area contributed by atoms with E-state index in [0.717, 1.165) is 21.2 Å². The third-order valence-corrected chi connectivity index (χ3v) is 3.59. The van der Waals surface area contributed by atoms with Crippen LogP contribution in [-0.4, -0.2) is 18.7 Å². The first-order chi connectivity index (χ1) is 10.5. The second kappa shape index (κ2) is 7.75. The van der Waals surface area contributed by atoms with Crippen molar-refractivity contribution < 1.29 is 9.53 Å². The maximum absolute atomic E-state index is 11.7. The minimum Gasteiger partial charge on any atom is -0.484 e. The van der Waals surface area contributed by atoms with E-state index in [1.165, 1.54) is 0 Å². The summed E-state index contributed by atoms with van der Waals surface area (Å²) in [6.45, 7) is 3.90. The Balaban J connectivity index is 1.84. The molecule has 0 aliphatic carbocycles. The van der Waals surface area contributed by atoms with E-state index in [4.69, 9.17) is 4.74 Å². The Labute approximate surface area is 138 Å². The molecule has 0 aromatic heterocycles. The highest BCUT2D eigenvalue weighted by Crippen LogP contribution is 2.16. The number of carbonyl (C=O) groups is 1. The first-order valence-electron chi connectivity index (χ1n) is 6.82. The third kappa shape index (κ3) is 5.00. The van der Waals surface area contributed by atoms with Crippen LogP contribution < -0.4 is 10.2 Å². The van der Waals surface area contributed by atoms with Crippen molar-refractivity contribution in [2.24, 2.45) is 5.10 Å². The van der Waals surface area contributed by atoms with E-state index in [9.17, 15) is 4.79 Å². The number of amides is 1. The summed E-state index contributed by atoms with van der Waals surface area (Å²) in [4.78, 5) is 11.7. The number of hydrazone groups is 1. The number of rotatable bonds is 5. The summed E-state index contributed by atoms with van der Waals surface area (Å²) in [7, 11) is 0. The number of nitrogens with one attached hydrogen (secondary N) is 1. The van der Waals surface area contributed by atoms with Crippen LogP contribution >= 0.6 is 15.9 Å². The Bertz CT molecular complexity index is 679. The predicted molar refractivity (Wildman–Crippen MR) is 91.3 cm³/mol. The zero-order chi connectivity index (χ0) is 15.9. The molecule has 0 heterocycles. The Kier molecular flexibility index (Phi) is 5.72. The summed E-state index contributed by atoms with van der Waals surface area (Å²) in [5.41, 5.74) is 5.53.